The number of aryl methyl sites for hydroxylation is 2. The Morgan fingerprint density at radius 2 is 2.38 bits per heavy atom. The van der Waals surface area contributed by atoms with Gasteiger partial charge in [-0.25, -0.2) is 4.98 Å². The van der Waals surface area contributed by atoms with Gasteiger partial charge in [0.05, 0.1) is 11.0 Å². The SMILES string of the molecule is Cc1nc2cc(CCNC(=O)C3CCCO3)ccc2n1C. The zero-order chi connectivity index (χ0) is 14.8. The zero-order valence-electron chi connectivity index (χ0n) is 12.6. The summed E-state index contributed by atoms with van der Waals surface area (Å²) in [5.74, 6) is 1.02. The fraction of sp³-hybridized carbons (Fsp3) is 0.500. The van der Waals surface area contributed by atoms with Gasteiger partial charge in [0.1, 0.15) is 11.9 Å². The van der Waals surface area contributed by atoms with Gasteiger partial charge in [0, 0.05) is 20.2 Å². The van der Waals surface area contributed by atoms with Gasteiger partial charge < -0.3 is 14.6 Å². The molecule has 2 aromatic rings. The van der Waals surface area contributed by atoms with Crippen molar-refractivity contribution in [3.63, 3.8) is 0 Å². The summed E-state index contributed by atoms with van der Waals surface area (Å²) in [6.07, 6.45) is 2.38. The number of hydrogen-bond donors (Lipinski definition) is 1. The highest BCUT2D eigenvalue weighted by Crippen LogP contribution is 2.16. The fourth-order valence-corrected chi connectivity index (χ4v) is 2.75. The predicted molar refractivity (Wildman–Crippen MR) is 81.1 cm³/mol. The minimum Gasteiger partial charge on any atom is -0.368 e. The van der Waals surface area contributed by atoms with Crippen molar-refractivity contribution in [1.82, 2.24) is 14.9 Å². The number of amides is 1. The van der Waals surface area contributed by atoms with Crippen molar-refractivity contribution in [3.05, 3.63) is 29.6 Å². The van der Waals surface area contributed by atoms with Gasteiger partial charge in [-0.2, -0.15) is 0 Å². The van der Waals surface area contributed by atoms with Gasteiger partial charge in [-0.1, -0.05) is 6.07 Å². The normalized spacial score (nSPS) is 18.3. The minimum absolute atomic E-state index is 0.0160. The van der Waals surface area contributed by atoms with Crippen molar-refractivity contribution in [3.8, 4) is 0 Å². The smallest absolute Gasteiger partial charge is 0.249 e. The van der Waals surface area contributed by atoms with Crippen LogP contribution in [0.3, 0.4) is 0 Å². The summed E-state index contributed by atoms with van der Waals surface area (Å²) in [7, 11) is 2.02. The lowest BCUT2D eigenvalue weighted by molar-refractivity contribution is -0.129. The molecule has 1 aromatic heterocycles. The Bertz CT molecular complexity index is 657. The van der Waals surface area contributed by atoms with E-state index in [2.05, 4.69) is 33.1 Å². The largest absolute Gasteiger partial charge is 0.368 e. The van der Waals surface area contributed by atoms with Gasteiger partial charge >= 0.3 is 0 Å². The van der Waals surface area contributed by atoms with Crippen LogP contribution >= 0.6 is 0 Å². The second-order valence-corrected chi connectivity index (χ2v) is 5.58. The number of nitrogens with one attached hydrogen (secondary N) is 1. The van der Waals surface area contributed by atoms with Crippen LogP contribution in [0.2, 0.25) is 0 Å². The summed E-state index contributed by atoms with van der Waals surface area (Å²) >= 11 is 0. The van der Waals surface area contributed by atoms with E-state index in [1.807, 2.05) is 14.0 Å². The highest BCUT2D eigenvalue weighted by atomic mass is 16.5. The van der Waals surface area contributed by atoms with Gasteiger partial charge in [-0.3, -0.25) is 4.79 Å². The van der Waals surface area contributed by atoms with Gasteiger partial charge in [0.2, 0.25) is 5.91 Å². The minimum atomic E-state index is -0.245. The Morgan fingerprint density at radius 3 is 3.14 bits per heavy atom. The molecule has 0 bridgehead atoms. The van der Waals surface area contributed by atoms with Crippen LogP contribution in [-0.4, -0.2) is 34.7 Å². The Balaban J connectivity index is 1.59. The topological polar surface area (TPSA) is 56.1 Å². The standard InChI is InChI=1S/C16H21N3O2/c1-11-18-13-10-12(5-6-14(13)19(11)2)7-8-17-16(20)15-4-3-9-21-15/h5-6,10,15H,3-4,7-9H2,1-2H3,(H,17,20). The number of hydrogen-bond acceptors (Lipinski definition) is 3. The quantitative estimate of drug-likeness (QED) is 0.931. The third-order valence-corrected chi connectivity index (χ3v) is 4.10. The van der Waals surface area contributed by atoms with Gasteiger partial charge in [0.15, 0.2) is 0 Å². The Kier molecular flexibility index (Phi) is 3.92. The molecule has 112 valence electrons. The van der Waals surface area contributed by atoms with Crippen LogP contribution in [0.1, 0.15) is 24.2 Å². The molecule has 1 aromatic carbocycles. The second kappa shape index (κ2) is 5.85. The number of rotatable bonds is 4. The molecule has 3 rings (SSSR count). The van der Waals surface area contributed by atoms with Gasteiger partial charge in [-0.05, 0) is 43.9 Å². The first-order valence-electron chi connectivity index (χ1n) is 7.46. The van der Waals surface area contributed by atoms with Crippen molar-refractivity contribution < 1.29 is 9.53 Å². The number of ether oxygens (including phenoxy) is 1. The molecule has 1 saturated heterocycles. The van der Waals surface area contributed by atoms with E-state index in [0.29, 0.717) is 13.2 Å². The Labute approximate surface area is 124 Å². The lowest BCUT2D eigenvalue weighted by atomic mass is 10.1. The average Bonchev–Trinajstić information content (AvgIpc) is 3.09. The van der Waals surface area contributed by atoms with Crippen LogP contribution in [0.25, 0.3) is 11.0 Å². The van der Waals surface area contributed by atoms with E-state index in [4.69, 9.17) is 4.74 Å². The summed E-state index contributed by atoms with van der Waals surface area (Å²) in [6.45, 7) is 3.34. The average molecular weight is 287 g/mol. The van der Waals surface area contributed by atoms with Crippen LogP contribution in [0.4, 0.5) is 0 Å². The van der Waals surface area contributed by atoms with Gasteiger partial charge in [0.25, 0.3) is 0 Å². The van der Waals surface area contributed by atoms with E-state index in [9.17, 15) is 4.79 Å². The molecular weight excluding hydrogens is 266 g/mol. The number of nitrogens with zero attached hydrogens (tertiary/aromatic N) is 2. The van der Waals surface area contributed by atoms with Crippen molar-refractivity contribution in [2.45, 2.75) is 32.3 Å². The number of fused-ring (bicyclic) bond motifs is 1. The molecule has 1 aliphatic heterocycles. The molecule has 1 aliphatic rings. The monoisotopic (exact) mass is 287 g/mol. The van der Waals surface area contributed by atoms with Crippen LogP contribution in [0.15, 0.2) is 18.2 Å². The number of carbonyl (C=O) groups is 1. The molecule has 5 nitrogen and oxygen atoms in total. The van der Waals surface area contributed by atoms with Crippen LogP contribution in [0.5, 0.6) is 0 Å². The lowest BCUT2D eigenvalue weighted by Crippen LogP contribution is -2.35. The van der Waals surface area contributed by atoms with E-state index < -0.39 is 0 Å². The molecule has 0 radical (unpaired) electrons. The number of benzene rings is 1. The summed E-state index contributed by atoms with van der Waals surface area (Å²) in [4.78, 5) is 16.4. The molecule has 1 amide bonds. The Morgan fingerprint density at radius 1 is 1.52 bits per heavy atom. The van der Waals surface area contributed by atoms with E-state index in [1.54, 1.807) is 0 Å². The summed E-state index contributed by atoms with van der Waals surface area (Å²) < 4.78 is 7.45. The van der Waals surface area contributed by atoms with E-state index in [-0.39, 0.29) is 12.0 Å². The van der Waals surface area contributed by atoms with Crippen molar-refractivity contribution >= 4 is 16.9 Å². The third kappa shape index (κ3) is 2.93. The summed E-state index contributed by atoms with van der Waals surface area (Å²) in [6, 6.07) is 6.29. The maximum atomic E-state index is 11.8. The molecule has 0 saturated carbocycles. The van der Waals surface area contributed by atoms with Crippen molar-refractivity contribution in [1.29, 1.82) is 0 Å². The maximum Gasteiger partial charge on any atom is 0.249 e. The molecule has 5 heteroatoms. The van der Waals surface area contributed by atoms with E-state index in [0.717, 1.165) is 36.1 Å². The predicted octanol–water partition coefficient (Wildman–Crippen LogP) is 1.72. The fourth-order valence-electron chi connectivity index (χ4n) is 2.75. The molecule has 0 aliphatic carbocycles. The molecule has 21 heavy (non-hydrogen) atoms. The summed E-state index contributed by atoms with van der Waals surface area (Å²) in [5.41, 5.74) is 3.34. The molecule has 2 heterocycles. The Hall–Kier alpha value is -1.88. The number of aromatic nitrogens is 2. The molecule has 0 spiro atoms. The number of carbonyl (C=O) groups excluding carboxylic acids is 1. The third-order valence-electron chi connectivity index (χ3n) is 4.10. The first kappa shape index (κ1) is 14.1. The maximum absolute atomic E-state index is 11.8. The second-order valence-electron chi connectivity index (χ2n) is 5.58. The highest BCUT2D eigenvalue weighted by molar-refractivity contribution is 5.81. The van der Waals surface area contributed by atoms with Crippen molar-refractivity contribution in [2.75, 3.05) is 13.2 Å². The molecule has 1 unspecified atom stereocenters. The molecular formula is C16H21N3O2. The van der Waals surface area contributed by atoms with Crippen LogP contribution < -0.4 is 5.32 Å². The molecule has 1 atom stereocenters. The molecule has 1 fully saturated rings. The number of imidazole rings is 1. The van der Waals surface area contributed by atoms with E-state index in [1.165, 1.54) is 5.56 Å². The van der Waals surface area contributed by atoms with Crippen LogP contribution in [-0.2, 0) is 23.0 Å². The summed E-state index contributed by atoms with van der Waals surface area (Å²) in [5, 5.41) is 2.95. The van der Waals surface area contributed by atoms with Crippen molar-refractivity contribution in [2.24, 2.45) is 7.05 Å². The van der Waals surface area contributed by atoms with E-state index >= 15 is 0 Å². The lowest BCUT2D eigenvalue weighted by Gasteiger charge is -2.10. The van der Waals surface area contributed by atoms with Crippen LogP contribution in [0, 0.1) is 6.92 Å². The first-order valence-corrected chi connectivity index (χ1v) is 7.46. The highest BCUT2D eigenvalue weighted by Gasteiger charge is 2.22. The zero-order valence-corrected chi connectivity index (χ0v) is 12.6. The van der Waals surface area contributed by atoms with Gasteiger partial charge in [-0.15, -0.1) is 0 Å². The first-order chi connectivity index (χ1) is 10.1. The molecule has 1 N–H and O–H groups in total.